The number of alkyl halides is 3. The predicted octanol–water partition coefficient (Wildman–Crippen LogP) is 4.79. The van der Waals surface area contributed by atoms with Crippen molar-refractivity contribution < 1.29 is 32.2 Å². The van der Waals surface area contributed by atoms with Crippen molar-refractivity contribution >= 4 is 5.97 Å². The first kappa shape index (κ1) is 21.7. The molecule has 2 aromatic rings. The average Bonchev–Trinajstić information content (AvgIpc) is 2.56. The quantitative estimate of drug-likeness (QED) is 0.560. The van der Waals surface area contributed by atoms with Crippen LogP contribution in [-0.4, -0.2) is 17.7 Å². The van der Waals surface area contributed by atoms with E-state index in [1.54, 1.807) is 6.92 Å². The van der Waals surface area contributed by atoms with Crippen molar-refractivity contribution in [2.75, 3.05) is 6.61 Å². The fourth-order valence-corrected chi connectivity index (χ4v) is 3.03. The summed E-state index contributed by atoms with van der Waals surface area (Å²) < 4.78 is 58.2. The number of phenolic OH excluding ortho intramolecular Hbond substituents is 1. The van der Waals surface area contributed by atoms with Gasteiger partial charge < -0.3 is 15.6 Å². The van der Waals surface area contributed by atoms with Gasteiger partial charge in [-0.25, -0.2) is 4.39 Å². The van der Waals surface area contributed by atoms with Crippen LogP contribution >= 0.6 is 0 Å². The number of ether oxygens (including phenoxy) is 1. The van der Waals surface area contributed by atoms with E-state index >= 15 is 0 Å². The molecule has 0 bridgehead atoms. The van der Waals surface area contributed by atoms with E-state index in [2.05, 4.69) is 0 Å². The highest BCUT2D eigenvalue weighted by Gasteiger charge is 2.32. The maximum atomic E-state index is 14.6. The molecule has 4 nitrogen and oxygen atoms in total. The van der Waals surface area contributed by atoms with Gasteiger partial charge in [-0.2, -0.15) is 13.2 Å². The van der Waals surface area contributed by atoms with Gasteiger partial charge >= 0.3 is 12.1 Å². The highest BCUT2D eigenvalue weighted by Crippen LogP contribution is 2.40. The second-order valence-electron chi connectivity index (χ2n) is 6.50. The number of halogens is 4. The van der Waals surface area contributed by atoms with Crippen molar-refractivity contribution in [2.24, 2.45) is 5.73 Å². The summed E-state index contributed by atoms with van der Waals surface area (Å²) in [5.41, 5.74) is 5.78. The molecule has 0 aliphatic carbocycles. The summed E-state index contributed by atoms with van der Waals surface area (Å²) in [6, 6.07) is 3.27. The van der Waals surface area contributed by atoms with Gasteiger partial charge in [0.05, 0.1) is 18.6 Å². The Kier molecular flexibility index (Phi) is 6.34. The third-order valence-corrected chi connectivity index (χ3v) is 4.30. The van der Waals surface area contributed by atoms with Crippen molar-refractivity contribution in [2.45, 2.75) is 39.4 Å². The summed E-state index contributed by atoms with van der Waals surface area (Å²) in [5, 5.41) is 10.2. The van der Waals surface area contributed by atoms with Crippen molar-refractivity contribution in [1.82, 2.24) is 0 Å². The van der Waals surface area contributed by atoms with Crippen molar-refractivity contribution in [1.29, 1.82) is 0 Å². The fraction of sp³-hybridized carbons (Fsp3) is 0.350. The molecule has 0 aliphatic rings. The lowest BCUT2D eigenvalue weighted by Crippen LogP contribution is -2.19. The molecule has 1 atom stereocenters. The minimum Gasteiger partial charge on any atom is -0.507 e. The van der Waals surface area contributed by atoms with Crippen LogP contribution in [0.1, 0.15) is 41.6 Å². The zero-order valence-electron chi connectivity index (χ0n) is 15.7. The first-order valence-corrected chi connectivity index (χ1v) is 8.58. The van der Waals surface area contributed by atoms with E-state index < -0.39 is 35.3 Å². The smallest absolute Gasteiger partial charge is 0.416 e. The minimum absolute atomic E-state index is 0.0155. The molecule has 0 heterocycles. The number of hydrogen-bond acceptors (Lipinski definition) is 4. The Labute approximate surface area is 159 Å². The van der Waals surface area contributed by atoms with Crippen LogP contribution in [0, 0.1) is 19.7 Å². The molecule has 0 aromatic heterocycles. The molecular formula is C20H21F4NO3. The lowest BCUT2D eigenvalue weighted by atomic mass is 9.91. The number of benzene rings is 2. The van der Waals surface area contributed by atoms with Gasteiger partial charge in [0, 0.05) is 17.2 Å². The third kappa shape index (κ3) is 4.62. The Balaban J connectivity index is 2.54. The van der Waals surface area contributed by atoms with E-state index in [9.17, 15) is 27.5 Å². The number of rotatable bonds is 5. The van der Waals surface area contributed by atoms with E-state index in [1.807, 2.05) is 0 Å². The van der Waals surface area contributed by atoms with Crippen LogP contribution < -0.4 is 5.73 Å². The topological polar surface area (TPSA) is 72.5 Å². The van der Waals surface area contributed by atoms with Crippen LogP contribution in [-0.2, 0) is 15.7 Å². The summed E-state index contributed by atoms with van der Waals surface area (Å²) in [6.45, 7) is 4.67. The number of nitrogens with two attached hydrogens (primary N) is 1. The predicted molar refractivity (Wildman–Crippen MR) is 96.2 cm³/mol. The highest BCUT2D eigenvalue weighted by molar-refractivity contribution is 5.76. The summed E-state index contributed by atoms with van der Waals surface area (Å²) in [5.74, 6) is -1.79. The van der Waals surface area contributed by atoms with E-state index in [0.29, 0.717) is 11.6 Å². The number of carbonyl (C=O) groups excluding carboxylic acids is 1. The first-order valence-electron chi connectivity index (χ1n) is 8.58. The van der Waals surface area contributed by atoms with Crippen LogP contribution in [0.5, 0.6) is 5.75 Å². The Morgan fingerprint density at radius 3 is 2.36 bits per heavy atom. The van der Waals surface area contributed by atoms with Gasteiger partial charge in [0.1, 0.15) is 11.6 Å². The second kappa shape index (κ2) is 8.18. The van der Waals surface area contributed by atoms with E-state index in [4.69, 9.17) is 10.5 Å². The van der Waals surface area contributed by atoms with Crippen LogP contribution in [0.25, 0.3) is 11.1 Å². The largest absolute Gasteiger partial charge is 0.507 e. The number of phenols is 1. The molecule has 3 N–H and O–H groups in total. The molecule has 28 heavy (non-hydrogen) atoms. The summed E-state index contributed by atoms with van der Waals surface area (Å²) in [7, 11) is 0. The van der Waals surface area contributed by atoms with Gasteiger partial charge in [0.15, 0.2) is 0 Å². The summed E-state index contributed by atoms with van der Waals surface area (Å²) in [6.07, 6.45) is -4.86. The zero-order chi connectivity index (χ0) is 21.2. The Bertz CT molecular complexity index is 871. The summed E-state index contributed by atoms with van der Waals surface area (Å²) in [4.78, 5) is 11.6. The third-order valence-electron chi connectivity index (χ3n) is 4.30. The van der Waals surface area contributed by atoms with Gasteiger partial charge in [0.25, 0.3) is 0 Å². The Morgan fingerprint density at radius 1 is 1.18 bits per heavy atom. The molecule has 0 amide bonds. The monoisotopic (exact) mass is 399 g/mol. The van der Waals surface area contributed by atoms with Crippen molar-refractivity contribution in [3.8, 4) is 16.9 Å². The van der Waals surface area contributed by atoms with Crippen LogP contribution in [0.4, 0.5) is 17.6 Å². The zero-order valence-corrected chi connectivity index (χ0v) is 15.7. The minimum atomic E-state index is -4.60. The molecule has 8 heteroatoms. The molecular weight excluding hydrogens is 378 g/mol. The Hall–Kier alpha value is -2.61. The van der Waals surface area contributed by atoms with E-state index in [1.165, 1.54) is 26.0 Å². The number of esters is 1. The fourth-order valence-electron chi connectivity index (χ4n) is 3.03. The van der Waals surface area contributed by atoms with Gasteiger partial charge in [-0.15, -0.1) is 0 Å². The van der Waals surface area contributed by atoms with Crippen molar-refractivity contribution in [3.05, 3.63) is 52.3 Å². The van der Waals surface area contributed by atoms with Gasteiger partial charge in [0.2, 0.25) is 0 Å². The van der Waals surface area contributed by atoms with Crippen LogP contribution in [0.2, 0.25) is 0 Å². The lowest BCUT2D eigenvalue weighted by Gasteiger charge is -2.18. The van der Waals surface area contributed by atoms with Crippen LogP contribution in [0.3, 0.4) is 0 Å². The molecule has 0 unspecified atom stereocenters. The van der Waals surface area contributed by atoms with Crippen LogP contribution in [0.15, 0.2) is 24.3 Å². The Morgan fingerprint density at radius 2 is 1.82 bits per heavy atom. The second-order valence-corrected chi connectivity index (χ2v) is 6.50. The molecule has 2 rings (SSSR count). The molecule has 0 saturated carbocycles. The van der Waals surface area contributed by atoms with E-state index in [0.717, 1.165) is 6.07 Å². The maximum Gasteiger partial charge on any atom is 0.416 e. The van der Waals surface area contributed by atoms with E-state index in [-0.39, 0.29) is 35.3 Å². The van der Waals surface area contributed by atoms with Crippen molar-refractivity contribution in [3.63, 3.8) is 0 Å². The molecule has 0 aliphatic heterocycles. The van der Waals surface area contributed by atoms with Gasteiger partial charge in [-0.1, -0.05) is 0 Å². The van der Waals surface area contributed by atoms with Gasteiger partial charge in [-0.3, -0.25) is 4.79 Å². The summed E-state index contributed by atoms with van der Waals surface area (Å²) >= 11 is 0. The standard InChI is InChI=1S/C20H21F4NO3/c1-4-28-17(27)9-15(25)14-7-12(5-11(3)19(14)21)18-10(2)6-13(8-16(18)26)20(22,23)24/h5-8,15,26H,4,9,25H2,1-3H3/t15-/m0/s1. The molecule has 2 aromatic carbocycles. The SMILES string of the molecule is CCOC(=O)C[C@H](N)c1cc(-c2c(C)cc(C(F)(F)F)cc2O)cc(C)c1F. The highest BCUT2D eigenvalue weighted by atomic mass is 19.4. The number of hydrogen-bond donors (Lipinski definition) is 2. The molecule has 0 saturated heterocycles. The molecule has 0 radical (unpaired) electrons. The first-order chi connectivity index (χ1) is 13.0. The maximum absolute atomic E-state index is 14.6. The normalized spacial score (nSPS) is 12.7. The molecule has 152 valence electrons. The number of carbonyl (C=O) groups is 1. The lowest BCUT2D eigenvalue weighted by molar-refractivity contribution is -0.143. The number of aromatic hydroxyl groups is 1. The average molecular weight is 399 g/mol. The van der Waals surface area contributed by atoms with Gasteiger partial charge in [-0.05, 0) is 61.7 Å². The number of aryl methyl sites for hydroxylation is 2. The molecule has 0 fully saturated rings. The molecule has 0 spiro atoms.